The first-order chi connectivity index (χ1) is 17.8. The largest absolute Gasteiger partial charge is 0.493 e. The number of carbonyl (C=O) groups is 1. The zero-order valence-electron chi connectivity index (χ0n) is 20.7. The molecule has 37 heavy (non-hydrogen) atoms. The molecule has 4 rings (SSSR count). The van der Waals surface area contributed by atoms with E-state index in [9.17, 15) is 9.59 Å². The molecule has 190 valence electrons. The maximum atomic E-state index is 13.8. The Morgan fingerprint density at radius 3 is 2.65 bits per heavy atom. The summed E-state index contributed by atoms with van der Waals surface area (Å²) in [5.41, 5.74) is 2.90. The lowest BCUT2D eigenvalue weighted by Crippen LogP contribution is -2.39. The van der Waals surface area contributed by atoms with Gasteiger partial charge in [-0.1, -0.05) is 57.1 Å². The van der Waals surface area contributed by atoms with Gasteiger partial charge < -0.3 is 14.2 Å². The fourth-order valence-electron chi connectivity index (χ4n) is 4.10. The number of rotatable bonds is 7. The number of ether oxygens (including phenoxy) is 3. The Morgan fingerprint density at radius 2 is 2.00 bits per heavy atom. The van der Waals surface area contributed by atoms with E-state index in [0.717, 1.165) is 11.1 Å². The standard InChI is InChI=1S/C27H24BrN3O5S/c1-5-35-26(33)22-16(3)30-27-31(23(22)17-8-6-15(2)7-9-17)25(32)21(37-27)13-18-12-19(28)14-20(34-4)24(18)36-11-10-29/h6-9,12-14,23H,5,11H2,1-4H3/b21-13-/t23-/m0/s1. The van der Waals surface area contributed by atoms with E-state index in [1.54, 1.807) is 32.1 Å². The van der Waals surface area contributed by atoms with Crippen LogP contribution in [0.5, 0.6) is 11.5 Å². The van der Waals surface area contributed by atoms with Crippen LogP contribution in [0.4, 0.5) is 0 Å². The maximum absolute atomic E-state index is 13.8. The summed E-state index contributed by atoms with van der Waals surface area (Å²) in [5.74, 6) is 0.255. The molecule has 0 saturated carbocycles. The summed E-state index contributed by atoms with van der Waals surface area (Å²) in [6.45, 7) is 5.48. The second-order valence-corrected chi connectivity index (χ2v) is 10.1. The predicted octanol–water partition coefficient (Wildman–Crippen LogP) is 3.78. The highest BCUT2D eigenvalue weighted by atomic mass is 79.9. The number of fused-ring (bicyclic) bond motifs is 1. The van der Waals surface area contributed by atoms with Crippen LogP contribution in [-0.2, 0) is 9.53 Å². The third-order valence-electron chi connectivity index (χ3n) is 5.75. The molecule has 0 amide bonds. The number of aryl methyl sites for hydroxylation is 1. The van der Waals surface area contributed by atoms with Gasteiger partial charge in [-0.25, -0.2) is 9.79 Å². The van der Waals surface area contributed by atoms with E-state index in [4.69, 9.17) is 19.5 Å². The highest BCUT2D eigenvalue weighted by Crippen LogP contribution is 2.35. The van der Waals surface area contributed by atoms with Gasteiger partial charge >= 0.3 is 5.97 Å². The minimum absolute atomic E-state index is 0.185. The van der Waals surface area contributed by atoms with Crippen molar-refractivity contribution in [3.8, 4) is 17.6 Å². The van der Waals surface area contributed by atoms with Crippen LogP contribution >= 0.6 is 27.3 Å². The maximum Gasteiger partial charge on any atom is 0.338 e. The summed E-state index contributed by atoms with van der Waals surface area (Å²) in [7, 11) is 1.50. The van der Waals surface area contributed by atoms with E-state index < -0.39 is 12.0 Å². The molecule has 1 aromatic heterocycles. The van der Waals surface area contributed by atoms with Crippen molar-refractivity contribution in [2.75, 3.05) is 20.3 Å². The molecule has 0 unspecified atom stereocenters. The second kappa shape index (κ2) is 11.2. The molecule has 1 aliphatic rings. The van der Waals surface area contributed by atoms with Crippen LogP contribution in [0, 0.1) is 18.3 Å². The van der Waals surface area contributed by atoms with Gasteiger partial charge in [-0.3, -0.25) is 9.36 Å². The van der Waals surface area contributed by atoms with Gasteiger partial charge in [-0.2, -0.15) is 5.26 Å². The average Bonchev–Trinajstić information content (AvgIpc) is 3.17. The molecule has 8 nitrogen and oxygen atoms in total. The molecule has 0 radical (unpaired) electrons. The van der Waals surface area contributed by atoms with Crippen LogP contribution in [0.1, 0.15) is 36.6 Å². The van der Waals surface area contributed by atoms with Crippen LogP contribution in [-0.4, -0.2) is 30.9 Å². The molecular formula is C27H24BrN3O5S. The Kier molecular flexibility index (Phi) is 7.95. The molecule has 3 aromatic rings. The summed E-state index contributed by atoms with van der Waals surface area (Å²) in [6, 6.07) is 12.5. The molecule has 0 saturated heterocycles. The summed E-state index contributed by atoms with van der Waals surface area (Å²) in [6.07, 6.45) is 1.68. The molecule has 1 aliphatic heterocycles. The molecule has 10 heteroatoms. The lowest BCUT2D eigenvalue weighted by Gasteiger charge is -2.24. The number of carbonyl (C=O) groups excluding carboxylic acids is 1. The number of thiazole rings is 1. The molecule has 2 heterocycles. The van der Waals surface area contributed by atoms with Gasteiger partial charge in [0.1, 0.15) is 6.07 Å². The van der Waals surface area contributed by atoms with Crippen molar-refractivity contribution < 1.29 is 19.0 Å². The fraction of sp³-hybridized carbons (Fsp3) is 0.259. The zero-order chi connectivity index (χ0) is 26.7. The summed E-state index contributed by atoms with van der Waals surface area (Å²) >= 11 is 4.67. The second-order valence-electron chi connectivity index (χ2n) is 8.19. The van der Waals surface area contributed by atoms with Crippen LogP contribution < -0.4 is 24.4 Å². The molecular weight excluding hydrogens is 558 g/mol. The van der Waals surface area contributed by atoms with E-state index in [1.165, 1.54) is 23.0 Å². The Morgan fingerprint density at radius 1 is 1.27 bits per heavy atom. The molecule has 0 spiro atoms. The van der Waals surface area contributed by atoms with Crippen molar-refractivity contribution in [1.82, 2.24) is 4.57 Å². The summed E-state index contributed by atoms with van der Waals surface area (Å²) in [4.78, 5) is 31.9. The van der Waals surface area contributed by atoms with E-state index >= 15 is 0 Å². The van der Waals surface area contributed by atoms with E-state index in [0.29, 0.717) is 42.1 Å². The predicted molar refractivity (Wildman–Crippen MR) is 143 cm³/mol. The first kappa shape index (κ1) is 26.4. The number of esters is 1. The first-order valence-corrected chi connectivity index (χ1v) is 13.0. The minimum atomic E-state index is -0.690. The molecule has 1 atom stereocenters. The number of methoxy groups -OCH3 is 1. The van der Waals surface area contributed by atoms with Crippen LogP contribution in [0.3, 0.4) is 0 Å². The Balaban J connectivity index is 1.97. The van der Waals surface area contributed by atoms with Gasteiger partial charge in [0.05, 0.1) is 35.6 Å². The number of aromatic nitrogens is 1. The third-order valence-corrected chi connectivity index (χ3v) is 7.19. The number of benzene rings is 2. The van der Waals surface area contributed by atoms with E-state index in [-0.39, 0.29) is 18.8 Å². The van der Waals surface area contributed by atoms with Crippen molar-refractivity contribution in [2.24, 2.45) is 4.99 Å². The van der Waals surface area contributed by atoms with Crippen molar-refractivity contribution in [3.05, 3.63) is 88.5 Å². The van der Waals surface area contributed by atoms with Gasteiger partial charge in [-0.05, 0) is 44.5 Å². The van der Waals surface area contributed by atoms with Gasteiger partial charge in [0, 0.05) is 10.0 Å². The van der Waals surface area contributed by atoms with Crippen molar-refractivity contribution in [2.45, 2.75) is 26.8 Å². The van der Waals surface area contributed by atoms with Crippen molar-refractivity contribution in [3.63, 3.8) is 0 Å². The molecule has 0 bridgehead atoms. The lowest BCUT2D eigenvalue weighted by atomic mass is 9.95. The SMILES string of the molecule is CCOC(=O)C1=C(C)N=c2s/c(=C\c3cc(Br)cc(OC)c3OCC#N)c(=O)n2[C@H]1c1ccc(C)cc1. The molecule has 0 N–H and O–H groups in total. The number of allylic oxidation sites excluding steroid dienone is 1. The third kappa shape index (κ3) is 5.24. The van der Waals surface area contributed by atoms with Crippen LogP contribution in [0.2, 0.25) is 0 Å². The minimum Gasteiger partial charge on any atom is -0.493 e. The average molecular weight is 582 g/mol. The van der Waals surface area contributed by atoms with Gasteiger partial charge in [0.2, 0.25) is 0 Å². The van der Waals surface area contributed by atoms with Crippen molar-refractivity contribution in [1.29, 1.82) is 5.26 Å². The van der Waals surface area contributed by atoms with Crippen LogP contribution in [0.25, 0.3) is 6.08 Å². The number of nitriles is 1. The summed E-state index contributed by atoms with van der Waals surface area (Å²) < 4.78 is 19.0. The summed E-state index contributed by atoms with van der Waals surface area (Å²) in [5, 5.41) is 9.03. The van der Waals surface area contributed by atoms with Gasteiger partial charge in [0.15, 0.2) is 22.9 Å². The Hall–Kier alpha value is -3.68. The zero-order valence-corrected chi connectivity index (χ0v) is 23.1. The van der Waals surface area contributed by atoms with Gasteiger partial charge in [-0.15, -0.1) is 0 Å². The normalized spacial score (nSPS) is 15.0. The van der Waals surface area contributed by atoms with E-state index in [2.05, 4.69) is 20.9 Å². The monoisotopic (exact) mass is 581 g/mol. The Labute approximate surface area is 225 Å². The lowest BCUT2D eigenvalue weighted by molar-refractivity contribution is -0.139. The number of halogens is 1. The Bertz CT molecular complexity index is 1610. The first-order valence-electron chi connectivity index (χ1n) is 11.4. The topological polar surface area (TPSA) is 103 Å². The molecule has 0 fully saturated rings. The fourth-order valence-corrected chi connectivity index (χ4v) is 5.60. The number of hydrogen-bond acceptors (Lipinski definition) is 8. The number of nitrogens with zero attached hydrogens (tertiary/aromatic N) is 3. The molecule has 0 aliphatic carbocycles. The quantitative estimate of drug-likeness (QED) is 0.393. The highest BCUT2D eigenvalue weighted by molar-refractivity contribution is 9.10. The highest BCUT2D eigenvalue weighted by Gasteiger charge is 2.33. The van der Waals surface area contributed by atoms with Crippen LogP contribution in [0.15, 0.2) is 61.9 Å². The van der Waals surface area contributed by atoms with Crippen molar-refractivity contribution >= 4 is 39.3 Å². The smallest absolute Gasteiger partial charge is 0.338 e. The number of hydrogen-bond donors (Lipinski definition) is 0. The van der Waals surface area contributed by atoms with Gasteiger partial charge in [0.25, 0.3) is 5.56 Å². The van der Waals surface area contributed by atoms with E-state index in [1.807, 2.05) is 37.3 Å². The molecule has 2 aromatic carbocycles.